The van der Waals surface area contributed by atoms with E-state index in [-0.39, 0.29) is 12.9 Å². The maximum absolute atomic E-state index is 10.5. The number of hydrogen-bond acceptors (Lipinski definition) is 5. The van der Waals surface area contributed by atoms with E-state index in [9.17, 15) is 14.2 Å². The fourth-order valence-corrected chi connectivity index (χ4v) is 0.544. The molecule has 0 aromatic heterocycles. The maximum Gasteiger partial charge on any atom is 0.431 e. The highest BCUT2D eigenvalue weighted by atomic mass is 31.2. The third-order valence-corrected chi connectivity index (χ3v) is 1.41. The summed E-state index contributed by atoms with van der Waals surface area (Å²) in [7, 11) is -3.43. The van der Waals surface area contributed by atoms with Crippen LogP contribution < -0.4 is 0 Å². The monoisotopic (exact) mass is 152 g/mol. The van der Waals surface area contributed by atoms with E-state index >= 15 is 0 Å². The van der Waals surface area contributed by atoms with Crippen molar-refractivity contribution in [3.8, 4) is 0 Å². The fourth-order valence-electron chi connectivity index (χ4n) is 0.181. The predicted molar refractivity (Wildman–Crippen MR) is 27.8 cm³/mol. The van der Waals surface area contributed by atoms with Crippen molar-refractivity contribution in [2.75, 3.05) is 6.66 Å². The van der Waals surface area contributed by atoms with Crippen molar-refractivity contribution in [2.45, 2.75) is 0 Å². The number of hydrogen-bond donors (Lipinski definition) is 0. The van der Waals surface area contributed by atoms with Crippen LogP contribution >= 0.6 is 7.60 Å². The highest BCUT2D eigenvalue weighted by Gasteiger charge is 2.16. The normalized spacial score (nSPS) is 9.89. The van der Waals surface area contributed by atoms with E-state index < -0.39 is 7.60 Å². The lowest BCUT2D eigenvalue weighted by Gasteiger charge is -2.04. The Balaban J connectivity index is 3.85. The summed E-state index contributed by atoms with van der Waals surface area (Å²) in [6, 6.07) is 0. The van der Waals surface area contributed by atoms with Crippen LogP contribution in [0.5, 0.6) is 0 Å². The van der Waals surface area contributed by atoms with E-state index in [2.05, 4.69) is 9.05 Å². The molecule has 0 saturated heterocycles. The van der Waals surface area contributed by atoms with Crippen molar-refractivity contribution in [3.05, 3.63) is 0 Å². The van der Waals surface area contributed by atoms with Gasteiger partial charge in [-0.3, -0.25) is 9.59 Å². The third-order valence-electron chi connectivity index (χ3n) is 0.469. The van der Waals surface area contributed by atoms with Crippen LogP contribution in [0.15, 0.2) is 0 Å². The first-order valence-electron chi connectivity index (χ1n) is 1.94. The second-order valence-corrected chi connectivity index (χ2v) is 3.14. The van der Waals surface area contributed by atoms with Crippen LogP contribution in [0.25, 0.3) is 0 Å². The van der Waals surface area contributed by atoms with Crippen LogP contribution in [0, 0.1) is 0 Å². The highest BCUT2D eigenvalue weighted by molar-refractivity contribution is 7.53. The van der Waals surface area contributed by atoms with Crippen LogP contribution in [0.1, 0.15) is 0 Å². The average molecular weight is 152 g/mol. The molecule has 52 valence electrons. The van der Waals surface area contributed by atoms with E-state index in [1.807, 2.05) is 0 Å². The van der Waals surface area contributed by atoms with Gasteiger partial charge in [0, 0.05) is 0 Å². The standard InChI is InChI=1S/C3H5O5P/c1-9(6,7-2-4)8-3-5/h2-3H,1H3. The van der Waals surface area contributed by atoms with Gasteiger partial charge in [-0.25, -0.2) is 4.57 Å². The first-order chi connectivity index (χ1) is 4.12. The van der Waals surface area contributed by atoms with Gasteiger partial charge in [-0.1, -0.05) is 0 Å². The molecule has 5 nitrogen and oxygen atoms in total. The van der Waals surface area contributed by atoms with Crippen LogP contribution in [-0.2, 0) is 23.2 Å². The Hall–Kier alpha value is -0.830. The minimum atomic E-state index is -3.43. The molecule has 0 heterocycles. The van der Waals surface area contributed by atoms with Gasteiger partial charge in [-0.2, -0.15) is 0 Å². The smallest absolute Gasteiger partial charge is 0.385 e. The molecule has 0 unspecified atom stereocenters. The second-order valence-electron chi connectivity index (χ2n) is 1.17. The van der Waals surface area contributed by atoms with E-state index in [0.717, 1.165) is 6.66 Å². The molecule has 0 bridgehead atoms. The van der Waals surface area contributed by atoms with Gasteiger partial charge in [0.2, 0.25) is 0 Å². The van der Waals surface area contributed by atoms with Gasteiger partial charge >= 0.3 is 7.60 Å². The van der Waals surface area contributed by atoms with Crippen molar-refractivity contribution >= 4 is 20.5 Å². The zero-order chi connectivity index (χ0) is 7.33. The molecule has 0 fully saturated rings. The molecule has 0 N–H and O–H groups in total. The summed E-state index contributed by atoms with van der Waals surface area (Å²) >= 11 is 0. The van der Waals surface area contributed by atoms with E-state index in [0.29, 0.717) is 0 Å². The van der Waals surface area contributed by atoms with Gasteiger partial charge in [0.25, 0.3) is 12.9 Å². The van der Waals surface area contributed by atoms with Crippen LogP contribution in [0.2, 0.25) is 0 Å². The van der Waals surface area contributed by atoms with Crippen molar-refractivity contribution in [3.63, 3.8) is 0 Å². The lowest BCUT2D eigenvalue weighted by molar-refractivity contribution is -0.124. The lowest BCUT2D eigenvalue weighted by Crippen LogP contribution is -1.89. The van der Waals surface area contributed by atoms with E-state index in [4.69, 9.17) is 0 Å². The molecule has 0 amide bonds. The summed E-state index contributed by atoms with van der Waals surface area (Å²) in [6.45, 7) is 0.935. The topological polar surface area (TPSA) is 69.7 Å². The summed E-state index contributed by atoms with van der Waals surface area (Å²) in [5.74, 6) is 0. The van der Waals surface area contributed by atoms with Gasteiger partial charge in [-0.15, -0.1) is 0 Å². The number of carbonyl (C=O) groups excluding carboxylic acids is 2. The molecule has 0 aliphatic carbocycles. The van der Waals surface area contributed by atoms with Crippen molar-refractivity contribution in [1.29, 1.82) is 0 Å². The Bertz CT molecular complexity index is 138. The molecule has 0 radical (unpaired) electrons. The Morgan fingerprint density at radius 1 is 1.22 bits per heavy atom. The summed E-state index contributed by atoms with van der Waals surface area (Å²) in [5.41, 5.74) is 0. The lowest BCUT2D eigenvalue weighted by atomic mass is 11.7. The van der Waals surface area contributed by atoms with E-state index in [1.165, 1.54) is 0 Å². The second kappa shape index (κ2) is 3.25. The molecule has 9 heavy (non-hydrogen) atoms. The Labute approximate surface area is 51.5 Å². The SMILES string of the molecule is CP(=O)(OC=O)OC=O. The summed E-state index contributed by atoms with van der Waals surface area (Å²) < 4.78 is 18.3. The molecule has 6 heteroatoms. The van der Waals surface area contributed by atoms with Gasteiger partial charge in [0.05, 0.1) is 6.66 Å². The summed E-state index contributed by atoms with van der Waals surface area (Å²) in [6.07, 6.45) is 0. The molecule has 0 rings (SSSR count). The molecule has 0 aromatic carbocycles. The predicted octanol–water partition coefficient (Wildman–Crippen LogP) is 0.155. The van der Waals surface area contributed by atoms with Gasteiger partial charge in [-0.05, 0) is 0 Å². The summed E-state index contributed by atoms with van der Waals surface area (Å²) in [4.78, 5) is 19.0. The maximum atomic E-state index is 10.5. The minimum absolute atomic E-state index is 0.0374. The zero-order valence-corrected chi connectivity index (χ0v) is 5.54. The van der Waals surface area contributed by atoms with Crippen LogP contribution in [0.4, 0.5) is 0 Å². The van der Waals surface area contributed by atoms with Crippen molar-refractivity contribution in [2.24, 2.45) is 0 Å². The number of carbonyl (C=O) groups is 2. The molecular formula is C3H5O5P. The molecule has 0 aromatic rings. The van der Waals surface area contributed by atoms with Crippen LogP contribution in [-0.4, -0.2) is 19.6 Å². The first kappa shape index (κ1) is 8.17. The molecule has 0 atom stereocenters. The zero-order valence-electron chi connectivity index (χ0n) is 4.64. The largest absolute Gasteiger partial charge is 0.431 e. The Morgan fingerprint density at radius 2 is 1.56 bits per heavy atom. The van der Waals surface area contributed by atoms with Crippen molar-refractivity contribution < 1.29 is 23.2 Å². The third kappa shape index (κ3) is 3.73. The quantitative estimate of drug-likeness (QED) is 0.423. The van der Waals surface area contributed by atoms with Gasteiger partial charge in [0.1, 0.15) is 0 Å². The molecule has 0 aliphatic rings. The molecule has 0 saturated carbocycles. The first-order valence-corrected chi connectivity index (χ1v) is 3.93. The van der Waals surface area contributed by atoms with Gasteiger partial charge in [0.15, 0.2) is 0 Å². The summed E-state index contributed by atoms with van der Waals surface area (Å²) in [5, 5.41) is 0. The Morgan fingerprint density at radius 3 is 1.78 bits per heavy atom. The Kier molecular flexibility index (Phi) is 2.95. The molecule has 0 spiro atoms. The fraction of sp³-hybridized carbons (Fsp3) is 0.333. The number of rotatable bonds is 4. The average Bonchev–Trinajstić information content (AvgIpc) is 1.64. The molecular weight excluding hydrogens is 147 g/mol. The molecule has 0 aliphatic heterocycles. The van der Waals surface area contributed by atoms with Crippen LogP contribution in [0.3, 0.4) is 0 Å². The highest BCUT2D eigenvalue weighted by Crippen LogP contribution is 2.41. The minimum Gasteiger partial charge on any atom is -0.385 e. The van der Waals surface area contributed by atoms with Gasteiger partial charge < -0.3 is 9.05 Å². The van der Waals surface area contributed by atoms with Crippen molar-refractivity contribution in [1.82, 2.24) is 0 Å². The van der Waals surface area contributed by atoms with E-state index in [1.54, 1.807) is 0 Å².